The van der Waals surface area contributed by atoms with E-state index in [9.17, 15) is 4.79 Å². The fourth-order valence-electron chi connectivity index (χ4n) is 3.34. The first-order chi connectivity index (χ1) is 11.7. The fourth-order valence-corrected chi connectivity index (χ4v) is 3.34. The van der Waals surface area contributed by atoms with E-state index in [1.807, 2.05) is 24.3 Å². The molecule has 2 aromatic heterocycles. The molecular weight excluding hydrogens is 306 g/mol. The number of rotatable bonds is 4. The second-order valence-corrected chi connectivity index (χ2v) is 6.13. The van der Waals surface area contributed by atoms with E-state index in [1.165, 1.54) is 0 Å². The van der Waals surface area contributed by atoms with Crippen LogP contribution in [0.4, 0.5) is 0 Å². The summed E-state index contributed by atoms with van der Waals surface area (Å²) in [6, 6.07) is 7.61. The van der Waals surface area contributed by atoms with Crippen molar-refractivity contribution in [2.24, 2.45) is 0 Å². The molecular formula is C17H19N5O2. The predicted octanol–water partition coefficient (Wildman–Crippen LogP) is 1.93. The Morgan fingerprint density at radius 1 is 1.29 bits per heavy atom. The lowest BCUT2D eigenvalue weighted by Crippen LogP contribution is -2.31. The van der Waals surface area contributed by atoms with E-state index in [0.29, 0.717) is 17.8 Å². The first kappa shape index (κ1) is 15.0. The van der Waals surface area contributed by atoms with Gasteiger partial charge in [0.05, 0.1) is 23.3 Å². The minimum absolute atomic E-state index is 0.00625. The molecule has 1 unspecified atom stereocenters. The first-order valence-electron chi connectivity index (χ1n) is 8.21. The third kappa shape index (κ3) is 2.71. The molecule has 3 heterocycles. The molecule has 7 nitrogen and oxygen atoms in total. The van der Waals surface area contributed by atoms with Crippen LogP contribution >= 0.6 is 0 Å². The SMILES string of the molecule is Cc1nc(C2CCCN2CCn2cnc3ccccc3c2=O)no1. The van der Waals surface area contributed by atoms with Crippen molar-refractivity contribution in [3.05, 3.63) is 52.7 Å². The minimum Gasteiger partial charge on any atom is -0.340 e. The van der Waals surface area contributed by atoms with E-state index in [4.69, 9.17) is 4.52 Å². The Kier molecular flexibility index (Phi) is 3.86. The zero-order valence-electron chi connectivity index (χ0n) is 13.6. The molecule has 124 valence electrons. The molecule has 1 aliphatic heterocycles. The summed E-state index contributed by atoms with van der Waals surface area (Å²) in [6.45, 7) is 4.15. The first-order valence-corrected chi connectivity index (χ1v) is 8.21. The summed E-state index contributed by atoms with van der Waals surface area (Å²) >= 11 is 0. The highest BCUT2D eigenvalue weighted by atomic mass is 16.5. The van der Waals surface area contributed by atoms with Gasteiger partial charge in [0, 0.05) is 20.0 Å². The summed E-state index contributed by atoms with van der Waals surface area (Å²) in [6.07, 6.45) is 3.75. The van der Waals surface area contributed by atoms with Gasteiger partial charge in [-0.2, -0.15) is 4.98 Å². The van der Waals surface area contributed by atoms with E-state index in [2.05, 4.69) is 20.0 Å². The van der Waals surface area contributed by atoms with Crippen LogP contribution in [0.15, 0.2) is 39.9 Å². The molecule has 1 fully saturated rings. The normalized spacial score (nSPS) is 18.5. The standard InChI is InChI=1S/C17H19N5O2/c1-12-19-16(20-24-12)15-7-4-8-21(15)9-10-22-11-18-14-6-3-2-5-13(14)17(22)23/h2-3,5-6,11,15H,4,7-10H2,1H3. The van der Waals surface area contributed by atoms with E-state index >= 15 is 0 Å². The molecule has 1 aromatic carbocycles. The van der Waals surface area contributed by atoms with Crippen LogP contribution < -0.4 is 5.56 Å². The topological polar surface area (TPSA) is 77.1 Å². The van der Waals surface area contributed by atoms with Crippen molar-refractivity contribution in [1.29, 1.82) is 0 Å². The lowest BCUT2D eigenvalue weighted by atomic mass is 10.2. The molecule has 4 rings (SSSR count). The van der Waals surface area contributed by atoms with Gasteiger partial charge < -0.3 is 4.52 Å². The molecule has 1 saturated heterocycles. The smallest absolute Gasteiger partial charge is 0.261 e. The van der Waals surface area contributed by atoms with Gasteiger partial charge in [-0.1, -0.05) is 17.3 Å². The van der Waals surface area contributed by atoms with Crippen molar-refractivity contribution >= 4 is 10.9 Å². The molecule has 1 atom stereocenters. The largest absolute Gasteiger partial charge is 0.340 e. The Labute approximate surface area is 138 Å². The van der Waals surface area contributed by atoms with Gasteiger partial charge in [-0.25, -0.2) is 4.98 Å². The van der Waals surface area contributed by atoms with Crippen molar-refractivity contribution in [3.8, 4) is 0 Å². The summed E-state index contributed by atoms with van der Waals surface area (Å²) < 4.78 is 6.78. The number of likely N-dealkylation sites (tertiary alicyclic amines) is 1. The second-order valence-electron chi connectivity index (χ2n) is 6.13. The monoisotopic (exact) mass is 325 g/mol. The number of para-hydroxylation sites is 1. The van der Waals surface area contributed by atoms with Crippen LogP contribution in [0.25, 0.3) is 10.9 Å². The van der Waals surface area contributed by atoms with Crippen LogP contribution in [0.5, 0.6) is 0 Å². The number of aromatic nitrogens is 4. The van der Waals surface area contributed by atoms with Crippen LogP contribution in [-0.2, 0) is 6.54 Å². The Bertz CT molecular complexity index is 916. The van der Waals surface area contributed by atoms with Crippen molar-refractivity contribution in [1.82, 2.24) is 24.6 Å². The number of hydrogen-bond acceptors (Lipinski definition) is 6. The third-order valence-corrected chi connectivity index (χ3v) is 4.56. The average Bonchev–Trinajstić information content (AvgIpc) is 3.23. The maximum atomic E-state index is 12.6. The Morgan fingerprint density at radius 2 is 2.17 bits per heavy atom. The number of hydrogen-bond donors (Lipinski definition) is 0. The Morgan fingerprint density at radius 3 is 3.00 bits per heavy atom. The number of benzene rings is 1. The molecule has 0 spiro atoms. The van der Waals surface area contributed by atoms with Crippen molar-refractivity contribution in [3.63, 3.8) is 0 Å². The molecule has 24 heavy (non-hydrogen) atoms. The summed E-state index contributed by atoms with van der Waals surface area (Å²) in [5.74, 6) is 1.33. The van der Waals surface area contributed by atoms with E-state index in [1.54, 1.807) is 17.8 Å². The van der Waals surface area contributed by atoms with Crippen LogP contribution in [-0.4, -0.2) is 37.7 Å². The summed E-state index contributed by atoms with van der Waals surface area (Å²) in [5.41, 5.74) is 0.742. The fraction of sp³-hybridized carbons (Fsp3) is 0.412. The lowest BCUT2D eigenvalue weighted by Gasteiger charge is -2.22. The van der Waals surface area contributed by atoms with E-state index in [-0.39, 0.29) is 11.6 Å². The molecule has 0 N–H and O–H groups in total. The number of aryl methyl sites for hydroxylation is 1. The van der Waals surface area contributed by atoms with Crippen molar-refractivity contribution in [2.45, 2.75) is 32.4 Å². The van der Waals surface area contributed by atoms with Crippen LogP contribution in [0.2, 0.25) is 0 Å². The highest BCUT2D eigenvalue weighted by Gasteiger charge is 2.29. The third-order valence-electron chi connectivity index (χ3n) is 4.56. The van der Waals surface area contributed by atoms with Gasteiger partial charge in [-0.3, -0.25) is 14.3 Å². The molecule has 7 heteroatoms. The summed E-state index contributed by atoms with van der Waals surface area (Å²) in [4.78, 5) is 23.6. The van der Waals surface area contributed by atoms with Gasteiger partial charge in [0.2, 0.25) is 5.89 Å². The summed E-state index contributed by atoms with van der Waals surface area (Å²) in [5, 5.41) is 4.71. The van der Waals surface area contributed by atoms with E-state index in [0.717, 1.165) is 37.3 Å². The molecule has 3 aromatic rings. The summed E-state index contributed by atoms with van der Waals surface area (Å²) in [7, 11) is 0. The zero-order chi connectivity index (χ0) is 16.5. The van der Waals surface area contributed by atoms with Crippen LogP contribution in [0.1, 0.15) is 30.6 Å². The molecule has 1 aliphatic rings. The van der Waals surface area contributed by atoms with Crippen molar-refractivity contribution < 1.29 is 4.52 Å². The maximum absolute atomic E-state index is 12.6. The van der Waals surface area contributed by atoms with E-state index < -0.39 is 0 Å². The molecule has 0 amide bonds. The van der Waals surface area contributed by atoms with Gasteiger partial charge in [0.25, 0.3) is 5.56 Å². The van der Waals surface area contributed by atoms with Gasteiger partial charge in [0.1, 0.15) is 0 Å². The molecule has 0 radical (unpaired) electrons. The van der Waals surface area contributed by atoms with Crippen LogP contribution in [0.3, 0.4) is 0 Å². The maximum Gasteiger partial charge on any atom is 0.261 e. The Balaban J connectivity index is 1.52. The predicted molar refractivity (Wildman–Crippen MR) is 88.6 cm³/mol. The highest BCUT2D eigenvalue weighted by molar-refractivity contribution is 5.76. The molecule has 0 aliphatic carbocycles. The molecule has 0 bridgehead atoms. The number of nitrogens with zero attached hydrogens (tertiary/aromatic N) is 5. The van der Waals surface area contributed by atoms with Gasteiger partial charge >= 0.3 is 0 Å². The van der Waals surface area contributed by atoms with Gasteiger partial charge in [-0.15, -0.1) is 0 Å². The molecule has 0 saturated carbocycles. The van der Waals surface area contributed by atoms with Crippen LogP contribution in [0, 0.1) is 6.92 Å². The number of fused-ring (bicyclic) bond motifs is 1. The quantitative estimate of drug-likeness (QED) is 0.729. The second kappa shape index (κ2) is 6.16. The zero-order valence-corrected chi connectivity index (χ0v) is 13.6. The average molecular weight is 325 g/mol. The Hall–Kier alpha value is -2.54. The van der Waals surface area contributed by atoms with Gasteiger partial charge in [0.15, 0.2) is 5.82 Å². The van der Waals surface area contributed by atoms with Gasteiger partial charge in [-0.05, 0) is 31.5 Å². The van der Waals surface area contributed by atoms with Crippen molar-refractivity contribution in [2.75, 3.05) is 13.1 Å². The minimum atomic E-state index is 0.00625. The lowest BCUT2D eigenvalue weighted by molar-refractivity contribution is 0.232. The highest BCUT2D eigenvalue weighted by Crippen LogP contribution is 2.29.